The molecule has 0 fully saturated rings. The predicted molar refractivity (Wildman–Crippen MR) is 67.8 cm³/mol. The van der Waals surface area contributed by atoms with Gasteiger partial charge in [-0.05, 0) is 6.42 Å². The lowest BCUT2D eigenvalue weighted by Crippen LogP contribution is -2.43. The lowest BCUT2D eigenvalue weighted by molar-refractivity contribution is -0.141. The average Bonchev–Trinajstić information content (AvgIpc) is 2.33. The largest absolute Gasteiger partial charge is 0.480 e. The summed E-state index contributed by atoms with van der Waals surface area (Å²) in [5, 5.41) is 10.9. The molecule has 9 nitrogen and oxygen atoms in total. The zero-order valence-corrected chi connectivity index (χ0v) is 11.6. The minimum Gasteiger partial charge on any atom is -0.480 e. The first-order valence-corrected chi connectivity index (χ1v) is 7.46. The number of ketones is 1. The molecule has 0 radical (unpaired) electrons. The summed E-state index contributed by atoms with van der Waals surface area (Å²) in [6.45, 7) is 1.37. The Morgan fingerprint density at radius 2 is 2.00 bits per heavy atom. The second kappa shape index (κ2) is 8.18. The fourth-order valence-electron chi connectivity index (χ4n) is 1.21. The molecule has 0 bridgehead atoms. The minimum absolute atomic E-state index is 0.233. The third kappa shape index (κ3) is 7.39. The van der Waals surface area contributed by atoms with Gasteiger partial charge in [-0.15, -0.1) is 0 Å². The summed E-state index contributed by atoms with van der Waals surface area (Å²) in [6.07, 6.45) is 0.113. The molecule has 0 aliphatic carbocycles. The number of nitrogens with zero attached hydrogens (tertiary/aromatic N) is 2. The van der Waals surface area contributed by atoms with Gasteiger partial charge in [-0.25, -0.2) is 13.2 Å². The van der Waals surface area contributed by atoms with Crippen molar-refractivity contribution < 1.29 is 32.7 Å². The molecule has 20 heavy (non-hydrogen) atoms. The number of hydrogen-bond donors (Lipinski definition) is 2. The third-order valence-electron chi connectivity index (χ3n) is 2.31. The van der Waals surface area contributed by atoms with Crippen LogP contribution in [0.1, 0.15) is 19.8 Å². The van der Waals surface area contributed by atoms with E-state index in [9.17, 15) is 22.8 Å². The first kappa shape index (κ1) is 17.9. The highest BCUT2D eigenvalue weighted by Gasteiger charge is 2.23. The zero-order valence-electron chi connectivity index (χ0n) is 10.8. The van der Waals surface area contributed by atoms with Gasteiger partial charge >= 0.3 is 12.2 Å². The van der Waals surface area contributed by atoms with Crippen LogP contribution in [0.5, 0.6) is 0 Å². The molecule has 0 aromatic heterocycles. The van der Waals surface area contributed by atoms with Crippen LogP contribution in [0, 0.1) is 0 Å². The maximum atomic E-state index is 11.4. The molecule has 1 amide bonds. The number of aliphatic carboxylic acids is 1. The maximum Gasteiger partial charge on any atom is 0.326 e. The van der Waals surface area contributed by atoms with Crippen molar-refractivity contribution in [1.82, 2.24) is 5.32 Å². The van der Waals surface area contributed by atoms with Gasteiger partial charge in [-0.1, -0.05) is 6.92 Å². The van der Waals surface area contributed by atoms with Crippen molar-refractivity contribution in [3.63, 3.8) is 0 Å². The molecule has 1 unspecified atom stereocenters. The lowest BCUT2D eigenvalue weighted by Gasteiger charge is -2.13. The number of hydrogen-bond acceptors (Lipinski definition) is 5. The van der Waals surface area contributed by atoms with Crippen molar-refractivity contribution in [3.8, 4) is 0 Å². The third-order valence-corrected chi connectivity index (χ3v) is 3.89. The summed E-state index contributed by atoms with van der Waals surface area (Å²) in [5.74, 6) is -3.99. The minimum atomic E-state index is -3.56. The van der Waals surface area contributed by atoms with Gasteiger partial charge in [-0.3, -0.25) is 9.59 Å². The SMILES string of the molecule is CCS(=O)(=O)CC(=O)NC(CCC(=O)C=[N+]=[N-])C(=O)O. The van der Waals surface area contributed by atoms with Crippen molar-refractivity contribution in [2.45, 2.75) is 25.8 Å². The van der Waals surface area contributed by atoms with Crippen molar-refractivity contribution in [1.29, 1.82) is 0 Å². The zero-order chi connectivity index (χ0) is 15.8. The Hall–Kier alpha value is -2.06. The van der Waals surface area contributed by atoms with Crippen molar-refractivity contribution >= 4 is 33.7 Å². The molecule has 0 aliphatic rings. The molecule has 0 heterocycles. The van der Waals surface area contributed by atoms with E-state index in [1.165, 1.54) is 6.92 Å². The number of carboxylic acid groups (broad SMARTS) is 1. The molecule has 1 atom stereocenters. The van der Waals surface area contributed by atoms with E-state index < -0.39 is 39.3 Å². The smallest absolute Gasteiger partial charge is 0.326 e. The van der Waals surface area contributed by atoms with E-state index in [2.05, 4.69) is 4.79 Å². The fourth-order valence-corrected chi connectivity index (χ4v) is 1.90. The number of sulfone groups is 1. The summed E-state index contributed by atoms with van der Waals surface area (Å²) >= 11 is 0. The predicted octanol–water partition coefficient (Wildman–Crippen LogP) is -1.36. The highest BCUT2D eigenvalue weighted by atomic mass is 32.2. The van der Waals surface area contributed by atoms with E-state index in [1.54, 1.807) is 0 Å². The van der Waals surface area contributed by atoms with E-state index in [0.29, 0.717) is 6.21 Å². The van der Waals surface area contributed by atoms with E-state index in [4.69, 9.17) is 10.6 Å². The first-order valence-electron chi connectivity index (χ1n) is 5.64. The number of amides is 1. The van der Waals surface area contributed by atoms with E-state index in [0.717, 1.165) is 0 Å². The molecule has 0 rings (SSSR count). The summed E-state index contributed by atoms with van der Waals surface area (Å²) in [5.41, 5.74) is 8.11. The van der Waals surface area contributed by atoms with Gasteiger partial charge in [0.05, 0.1) is 0 Å². The number of carbonyl (C=O) groups excluding carboxylic acids is 2. The topological polar surface area (TPSA) is 154 Å². The Labute approximate surface area is 115 Å². The van der Waals surface area contributed by atoms with Crippen LogP contribution in [0.15, 0.2) is 0 Å². The van der Waals surface area contributed by atoms with Crippen LogP contribution in [0.4, 0.5) is 0 Å². The Morgan fingerprint density at radius 1 is 1.40 bits per heavy atom. The monoisotopic (exact) mass is 305 g/mol. The molecule has 0 aliphatic heterocycles. The molecular formula is C10H15N3O6S. The first-order chi connectivity index (χ1) is 9.21. The van der Waals surface area contributed by atoms with Gasteiger partial charge in [0.2, 0.25) is 11.7 Å². The summed E-state index contributed by atoms with van der Waals surface area (Å²) in [7, 11) is -3.56. The summed E-state index contributed by atoms with van der Waals surface area (Å²) in [4.78, 5) is 35.8. The average molecular weight is 305 g/mol. The maximum absolute atomic E-state index is 11.4. The number of Topliss-reactive ketones (excluding diaryl/α,β-unsaturated/α-hetero) is 1. The van der Waals surface area contributed by atoms with E-state index in [-0.39, 0.29) is 18.6 Å². The lowest BCUT2D eigenvalue weighted by atomic mass is 10.1. The molecule has 0 saturated carbocycles. The van der Waals surface area contributed by atoms with Gasteiger partial charge < -0.3 is 16.0 Å². The highest BCUT2D eigenvalue weighted by molar-refractivity contribution is 7.92. The molecule has 0 saturated heterocycles. The van der Waals surface area contributed by atoms with Gasteiger partial charge in [0.1, 0.15) is 11.8 Å². The Morgan fingerprint density at radius 3 is 2.45 bits per heavy atom. The Kier molecular flexibility index (Phi) is 7.34. The van der Waals surface area contributed by atoms with Crippen LogP contribution in [0.25, 0.3) is 5.53 Å². The molecule has 0 aromatic carbocycles. The van der Waals surface area contributed by atoms with Crippen LogP contribution in [0.3, 0.4) is 0 Å². The highest BCUT2D eigenvalue weighted by Crippen LogP contribution is 1.99. The van der Waals surface area contributed by atoms with Crippen LogP contribution in [0.2, 0.25) is 0 Å². The van der Waals surface area contributed by atoms with Gasteiger partial charge in [0.15, 0.2) is 9.84 Å². The van der Waals surface area contributed by atoms with Crippen LogP contribution < -0.4 is 5.32 Å². The second-order valence-corrected chi connectivity index (χ2v) is 6.24. The van der Waals surface area contributed by atoms with Crippen LogP contribution >= 0.6 is 0 Å². The second-order valence-electron chi connectivity index (χ2n) is 3.88. The Balaban J connectivity index is 4.56. The number of carboxylic acids is 1. The molecular weight excluding hydrogens is 290 g/mol. The molecule has 112 valence electrons. The van der Waals surface area contributed by atoms with Crippen LogP contribution in [-0.2, 0) is 24.2 Å². The number of nitrogens with one attached hydrogen (secondary N) is 1. The molecule has 2 N–H and O–H groups in total. The normalized spacial score (nSPS) is 12.1. The van der Waals surface area contributed by atoms with E-state index in [1.807, 2.05) is 5.32 Å². The van der Waals surface area contributed by atoms with E-state index >= 15 is 0 Å². The van der Waals surface area contributed by atoms with Crippen LogP contribution in [-0.4, -0.2) is 59.7 Å². The van der Waals surface area contributed by atoms with Gasteiger partial charge in [-0.2, -0.15) is 4.79 Å². The molecule has 10 heteroatoms. The molecule has 0 spiro atoms. The number of carbonyl (C=O) groups is 3. The summed E-state index contributed by atoms with van der Waals surface area (Å²) in [6, 6.07) is -1.38. The van der Waals surface area contributed by atoms with Crippen molar-refractivity contribution in [2.75, 3.05) is 11.5 Å². The fraction of sp³-hybridized carbons (Fsp3) is 0.600. The van der Waals surface area contributed by atoms with Gasteiger partial charge in [0, 0.05) is 12.2 Å². The van der Waals surface area contributed by atoms with Crippen molar-refractivity contribution in [2.24, 2.45) is 0 Å². The van der Waals surface area contributed by atoms with Gasteiger partial charge in [0.25, 0.3) is 0 Å². The quantitative estimate of drug-likeness (QED) is 0.304. The standard InChI is InChI=1S/C10H15N3O6S/c1-2-20(18,19)6-9(15)13-8(10(16)17)4-3-7(14)5-12-11/h5,8H,2-4,6H2,1H3,(H,13,15)(H,16,17). The van der Waals surface area contributed by atoms with Crippen molar-refractivity contribution in [3.05, 3.63) is 5.53 Å². The molecule has 0 aromatic rings. The summed E-state index contributed by atoms with van der Waals surface area (Å²) < 4.78 is 22.4. The number of rotatable bonds is 9. The Bertz CT molecular complexity index is 535.